The molecule has 0 saturated heterocycles. The Morgan fingerprint density at radius 3 is 2.28 bits per heavy atom. The van der Waals surface area contributed by atoms with Crippen LogP contribution in [0.2, 0.25) is 10.0 Å². The Morgan fingerprint density at radius 2 is 1.64 bits per heavy atom. The van der Waals surface area contributed by atoms with Gasteiger partial charge in [-0.25, -0.2) is 18.2 Å². The molecule has 1 aromatic heterocycles. The van der Waals surface area contributed by atoms with Crippen molar-refractivity contribution in [3.63, 3.8) is 0 Å². The summed E-state index contributed by atoms with van der Waals surface area (Å²) in [6.07, 6.45) is 1.45. The topological polar surface area (TPSA) is 83.8 Å². The SMILES string of the molecule is Cc1ccc(S(=O)(=O)N(CC(=O)N/N=C/c2cc(C)n(-c3cc(Cl)cc(Cl)c3)c2C)c2ccccc2F)cc1. The van der Waals surface area contributed by atoms with Crippen LogP contribution in [0.3, 0.4) is 0 Å². The molecule has 202 valence electrons. The van der Waals surface area contributed by atoms with Crippen molar-refractivity contribution in [3.8, 4) is 5.69 Å². The van der Waals surface area contributed by atoms with Gasteiger partial charge in [-0.3, -0.25) is 9.10 Å². The molecule has 1 amide bonds. The van der Waals surface area contributed by atoms with E-state index in [2.05, 4.69) is 10.5 Å². The van der Waals surface area contributed by atoms with Crippen LogP contribution >= 0.6 is 23.2 Å². The average Bonchev–Trinajstić information content (AvgIpc) is 3.15. The third-order valence-electron chi connectivity index (χ3n) is 5.99. The van der Waals surface area contributed by atoms with E-state index in [0.29, 0.717) is 15.6 Å². The van der Waals surface area contributed by atoms with Crippen molar-refractivity contribution in [1.29, 1.82) is 0 Å². The monoisotopic (exact) mass is 586 g/mol. The second kappa shape index (κ2) is 11.6. The van der Waals surface area contributed by atoms with E-state index in [-0.39, 0.29) is 10.6 Å². The Hall–Kier alpha value is -3.66. The molecule has 0 radical (unpaired) electrons. The number of amides is 1. The molecule has 0 aliphatic rings. The first-order valence-electron chi connectivity index (χ1n) is 11.8. The molecule has 0 fully saturated rings. The van der Waals surface area contributed by atoms with Crippen molar-refractivity contribution in [2.45, 2.75) is 25.7 Å². The molecule has 0 atom stereocenters. The lowest BCUT2D eigenvalue weighted by atomic mass is 10.2. The lowest BCUT2D eigenvalue weighted by Gasteiger charge is -2.24. The van der Waals surface area contributed by atoms with Crippen LogP contribution in [-0.2, 0) is 14.8 Å². The number of halogens is 3. The van der Waals surface area contributed by atoms with Crippen molar-refractivity contribution < 1.29 is 17.6 Å². The Bertz CT molecular complexity index is 1650. The quantitative estimate of drug-likeness (QED) is 0.197. The fourth-order valence-corrected chi connectivity index (χ4v) is 6.06. The second-order valence-corrected chi connectivity index (χ2v) is 11.6. The molecular weight excluding hydrogens is 562 g/mol. The predicted molar refractivity (Wildman–Crippen MR) is 153 cm³/mol. The van der Waals surface area contributed by atoms with Gasteiger partial charge >= 0.3 is 0 Å². The van der Waals surface area contributed by atoms with E-state index in [1.807, 2.05) is 31.4 Å². The maximum Gasteiger partial charge on any atom is 0.264 e. The van der Waals surface area contributed by atoms with Crippen LogP contribution in [0.25, 0.3) is 5.69 Å². The van der Waals surface area contributed by atoms with Crippen molar-refractivity contribution in [3.05, 3.63) is 111 Å². The standard InChI is InChI=1S/C28H25Cl2FN4O3S/c1-18-8-10-25(11-9-18)39(37,38)34(27-7-5-4-6-26(27)31)17-28(36)33-32-16-21-12-19(2)35(20(21)3)24-14-22(29)13-23(30)15-24/h4-16H,17H2,1-3H3,(H,33,36)/b32-16+. The van der Waals surface area contributed by atoms with Crippen molar-refractivity contribution in [1.82, 2.24) is 9.99 Å². The van der Waals surface area contributed by atoms with Crippen LogP contribution in [0.4, 0.5) is 10.1 Å². The maximum atomic E-state index is 14.7. The number of hydrogen-bond acceptors (Lipinski definition) is 4. The van der Waals surface area contributed by atoms with Gasteiger partial charge in [-0.2, -0.15) is 5.10 Å². The summed E-state index contributed by atoms with van der Waals surface area (Å²) in [6.45, 7) is 4.91. The number of carbonyl (C=O) groups is 1. The number of para-hydroxylation sites is 1. The first-order chi connectivity index (χ1) is 18.5. The van der Waals surface area contributed by atoms with Crippen LogP contribution in [0, 0.1) is 26.6 Å². The summed E-state index contributed by atoms with van der Waals surface area (Å²) in [5.74, 6) is -1.53. The van der Waals surface area contributed by atoms with Crippen LogP contribution in [-0.4, -0.2) is 31.7 Å². The van der Waals surface area contributed by atoms with Crippen LogP contribution in [0.15, 0.2) is 82.8 Å². The summed E-state index contributed by atoms with van der Waals surface area (Å²) in [7, 11) is -4.26. The Labute approximate surface area is 236 Å². The summed E-state index contributed by atoms with van der Waals surface area (Å²) < 4.78 is 44.2. The van der Waals surface area contributed by atoms with E-state index in [1.165, 1.54) is 36.5 Å². The van der Waals surface area contributed by atoms with E-state index in [9.17, 15) is 17.6 Å². The van der Waals surface area contributed by atoms with Gasteiger partial charge in [0, 0.05) is 32.7 Å². The Kier molecular flexibility index (Phi) is 8.44. The molecule has 4 aromatic rings. The van der Waals surface area contributed by atoms with E-state index in [4.69, 9.17) is 23.2 Å². The highest BCUT2D eigenvalue weighted by atomic mass is 35.5. The highest BCUT2D eigenvalue weighted by Gasteiger charge is 2.29. The second-order valence-electron chi connectivity index (χ2n) is 8.86. The first kappa shape index (κ1) is 28.4. The molecule has 1 N–H and O–H groups in total. The molecule has 11 heteroatoms. The fourth-order valence-electron chi connectivity index (χ4n) is 4.11. The van der Waals surface area contributed by atoms with E-state index in [1.54, 1.807) is 30.3 Å². The normalized spacial score (nSPS) is 11.6. The lowest BCUT2D eigenvalue weighted by molar-refractivity contribution is -0.119. The summed E-state index contributed by atoms with van der Waals surface area (Å²) >= 11 is 12.3. The van der Waals surface area contributed by atoms with E-state index < -0.39 is 28.3 Å². The Morgan fingerprint density at radius 1 is 1.00 bits per heavy atom. The van der Waals surface area contributed by atoms with Crippen molar-refractivity contribution >= 4 is 51.0 Å². The summed E-state index contributed by atoms with van der Waals surface area (Å²) in [5, 5.41) is 5.00. The van der Waals surface area contributed by atoms with Gasteiger partial charge in [0.1, 0.15) is 12.4 Å². The largest absolute Gasteiger partial charge is 0.318 e. The van der Waals surface area contributed by atoms with Gasteiger partial charge in [0.05, 0.1) is 16.8 Å². The number of anilines is 1. The number of carbonyl (C=O) groups excluding carboxylic acids is 1. The van der Waals surface area contributed by atoms with Gasteiger partial charge in [0.2, 0.25) is 0 Å². The zero-order chi connectivity index (χ0) is 28.3. The van der Waals surface area contributed by atoms with Gasteiger partial charge in [-0.05, 0) is 69.3 Å². The van der Waals surface area contributed by atoms with Gasteiger partial charge in [-0.1, -0.05) is 53.0 Å². The third-order valence-corrected chi connectivity index (χ3v) is 8.20. The summed E-state index contributed by atoms with van der Waals surface area (Å²) in [5.41, 5.74) is 6.14. The molecule has 1 heterocycles. The zero-order valence-corrected chi connectivity index (χ0v) is 23.6. The number of aromatic nitrogens is 1. The molecule has 0 spiro atoms. The molecule has 39 heavy (non-hydrogen) atoms. The number of sulfonamides is 1. The third kappa shape index (κ3) is 6.33. The highest BCUT2D eigenvalue weighted by molar-refractivity contribution is 7.92. The number of hydrazone groups is 1. The first-order valence-corrected chi connectivity index (χ1v) is 14.0. The molecule has 0 saturated carbocycles. The lowest BCUT2D eigenvalue weighted by Crippen LogP contribution is -2.40. The zero-order valence-electron chi connectivity index (χ0n) is 21.3. The van der Waals surface area contributed by atoms with Gasteiger partial charge in [0.15, 0.2) is 0 Å². The van der Waals surface area contributed by atoms with Crippen LogP contribution < -0.4 is 9.73 Å². The van der Waals surface area contributed by atoms with Gasteiger partial charge < -0.3 is 4.57 Å². The fraction of sp³-hybridized carbons (Fsp3) is 0.143. The minimum atomic E-state index is -4.26. The summed E-state index contributed by atoms with van der Waals surface area (Å²) in [6, 6.07) is 18.5. The van der Waals surface area contributed by atoms with Crippen LogP contribution in [0.1, 0.15) is 22.5 Å². The molecule has 4 rings (SSSR count). The number of benzene rings is 3. The number of rotatable bonds is 8. The maximum absolute atomic E-state index is 14.7. The summed E-state index contributed by atoms with van der Waals surface area (Å²) in [4.78, 5) is 12.8. The number of nitrogens with zero attached hydrogens (tertiary/aromatic N) is 3. The predicted octanol–water partition coefficient (Wildman–Crippen LogP) is 6.19. The molecule has 0 bridgehead atoms. The van der Waals surface area contributed by atoms with Crippen LogP contribution in [0.5, 0.6) is 0 Å². The average molecular weight is 588 g/mol. The van der Waals surface area contributed by atoms with Crippen molar-refractivity contribution in [2.24, 2.45) is 5.10 Å². The molecule has 0 aliphatic heterocycles. The Balaban J connectivity index is 1.57. The molecular formula is C28H25Cl2FN4O3S. The minimum absolute atomic E-state index is 0.0683. The molecule has 7 nitrogen and oxygen atoms in total. The van der Waals surface area contributed by atoms with E-state index in [0.717, 1.165) is 33.0 Å². The number of nitrogens with one attached hydrogen (secondary N) is 1. The van der Waals surface area contributed by atoms with Crippen molar-refractivity contribution in [2.75, 3.05) is 10.8 Å². The molecule has 3 aromatic carbocycles. The van der Waals surface area contributed by atoms with Gasteiger partial charge in [-0.15, -0.1) is 0 Å². The molecule has 0 aliphatic carbocycles. The smallest absolute Gasteiger partial charge is 0.264 e. The number of aryl methyl sites for hydroxylation is 2. The van der Waals surface area contributed by atoms with Gasteiger partial charge in [0.25, 0.3) is 15.9 Å². The molecule has 0 unspecified atom stereocenters. The van der Waals surface area contributed by atoms with E-state index >= 15 is 0 Å². The minimum Gasteiger partial charge on any atom is -0.318 e. The number of hydrogen-bond donors (Lipinski definition) is 1. The highest BCUT2D eigenvalue weighted by Crippen LogP contribution is 2.27.